The Kier molecular flexibility index (Phi) is 4.23. The number of thioether (sulfide) groups is 1. The lowest BCUT2D eigenvalue weighted by Gasteiger charge is -2.15. The van der Waals surface area contributed by atoms with Gasteiger partial charge in [0.15, 0.2) is 5.16 Å². The fourth-order valence-electron chi connectivity index (χ4n) is 1.61. The Morgan fingerprint density at radius 3 is 2.95 bits per heavy atom. The van der Waals surface area contributed by atoms with Crippen molar-refractivity contribution in [2.24, 2.45) is 0 Å². The van der Waals surface area contributed by atoms with E-state index >= 15 is 0 Å². The molecule has 2 rings (SSSR count). The smallest absolute Gasteiger partial charge is 0.313 e. The molecule has 0 saturated heterocycles. The largest absolute Gasteiger partial charge is 0.481 e. The summed E-state index contributed by atoms with van der Waals surface area (Å²) in [5.41, 5.74) is -0.412. The van der Waals surface area contributed by atoms with E-state index in [1.165, 1.54) is 6.07 Å². The van der Waals surface area contributed by atoms with Gasteiger partial charge in [-0.1, -0.05) is 11.8 Å². The van der Waals surface area contributed by atoms with Gasteiger partial charge in [0.2, 0.25) is 5.89 Å². The van der Waals surface area contributed by atoms with Crippen LogP contribution in [0.5, 0.6) is 0 Å². The molecule has 0 radical (unpaired) electrons. The molecule has 1 unspecified atom stereocenters. The average molecular weight is 295 g/mol. The molecule has 0 saturated carbocycles. The maximum Gasteiger partial charge on any atom is 0.313 e. The molecular weight excluding hydrogens is 282 g/mol. The summed E-state index contributed by atoms with van der Waals surface area (Å²) in [5.74, 6) is 0.0123. The lowest BCUT2D eigenvalue weighted by Crippen LogP contribution is -2.17. The second-order valence-corrected chi connectivity index (χ2v) is 5.07. The first-order valence-corrected chi connectivity index (χ1v) is 6.82. The fourth-order valence-corrected chi connectivity index (χ4v) is 2.38. The number of carbonyl (C=O) groups is 1. The van der Waals surface area contributed by atoms with Crippen molar-refractivity contribution in [3.05, 3.63) is 40.5 Å². The normalized spacial score (nSPS) is 12.3. The zero-order valence-electron chi connectivity index (χ0n) is 10.9. The van der Waals surface area contributed by atoms with Crippen LogP contribution in [0, 0.1) is 6.92 Å². The quantitative estimate of drug-likeness (QED) is 0.656. The van der Waals surface area contributed by atoms with Gasteiger partial charge in [0.25, 0.3) is 5.56 Å². The number of aliphatic carboxylic acids is 1. The van der Waals surface area contributed by atoms with Crippen molar-refractivity contribution in [2.45, 2.75) is 25.0 Å². The summed E-state index contributed by atoms with van der Waals surface area (Å²) in [7, 11) is 0. The second kappa shape index (κ2) is 5.91. The maximum atomic E-state index is 11.3. The second-order valence-electron chi connectivity index (χ2n) is 4.12. The molecule has 20 heavy (non-hydrogen) atoms. The van der Waals surface area contributed by atoms with Crippen molar-refractivity contribution in [1.29, 1.82) is 0 Å². The van der Waals surface area contributed by atoms with E-state index in [4.69, 9.17) is 9.52 Å². The Bertz CT molecular complexity index is 679. The molecule has 7 nitrogen and oxygen atoms in total. The van der Waals surface area contributed by atoms with Gasteiger partial charge in [-0.25, -0.2) is 4.98 Å². The molecular formula is C12H13N3O4S. The number of rotatable bonds is 5. The van der Waals surface area contributed by atoms with E-state index in [-0.39, 0.29) is 11.8 Å². The predicted octanol–water partition coefficient (Wildman–Crippen LogP) is 1.33. The monoisotopic (exact) mass is 295 g/mol. The van der Waals surface area contributed by atoms with Crippen LogP contribution in [-0.4, -0.2) is 31.4 Å². The van der Waals surface area contributed by atoms with E-state index in [2.05, 4.69) is 9.97 Å². The number of oxazole rings is 1. The van der Waals surface area contributed by atoms with Crippen LogP contribution in [0.3, 0.4) is 0 Å². The van der Waals surface area contributed by atoms with Crippen molar-refractivity contribution >= 4 is 17.7 Å². The molecule has 1 atom stereocenters. The molecule has 0 amide bonds. The van der Waals surface area contributed by atoms with Gasteiger partial charge in [0.1, 0.15) is 11.8 Å². The minimum atomic E-state index is -0.973. The molecule has 0 fully saturated rings. The fraction of sp³-hybridized carbons (Fsp3) is 0.333. The molecule has 106 valence electrons. The zero-order valence-corrected chi connectivity index (χ0v) is 11.8. The summed E-state index contributed by atoms with van der Waals surface area (Å²) in [4.78, 5) is 29.9. The number of carboxylic acid groups (broad SMARTS) is 1. The Morgan fingerprint density at radius 2 is 2.35 bits per heavy atom. The molecule has 0 bridgehead atoms. The molecule has 0 spiro atoms. The Labute approximate surface area is 118 Å². The van der Waals surface area contributed by atoms with Crippen LogP contribution in [-0.2, 0) is 4.79 Å². The molecule has 1 N–H and O–H groups in total. The summed E-state index contributed by atoms with van der Waals surface area (Å²) >= 11 is 0.982. The van der Waals surface area contributed by atoms with Gasteiger partial charge < -0.3 is 14.1 Å². The van der Waals surface area contributed by atoms with Crippen molar-refractivity contribution in [3.63, 3.8) is 0 Å². The van der Waals surface area contributed by atoms with Crippen molar-refractivity contribution < 1.29 is 14.3 Å². The highest BCUT2D eigenvalue weighted by Crippen LogP contribution is 2.23. The van der Waals surface area contributed by atoms with Crippen LogP contribution in [0.4, 0.5) is 0 Å². The van der Waals surface area contributed by atoms with Crippen LogP contribution >= 0.6 is 11.8 Å². The Morgan fingerprint density at radius 1 is 1.60 bits per heavy atom. The molecule has 0 aliphatic carbocycles. The first kappa shape index (κ1) is 14.3. The molecule has 0 aliphatic rings. The number of aromatic nitrogens is 3. The first-order chi connectivity index (χ1) is 9.47. The Hall–Kier alpha value is -2.09. The highest BCUT2D eigenvalue weighted by Gasteiger charge is 2.17. The van der Waals surface area contributed by atoms with Gasteiger partial charge in [-0.15, -0.1) is 0 Å². The van der Waals surface area contributed by atoms with Gasteiger partial charge in [0, 0.05) is 12.3 Å². The highest BCUT2D eigenvalue weighted by molar-refractivity contribution is 7.99. The zero-order chi connectivity index (χ0) is 14.7. The average Bonchev–Trinajstić information content (AvgIpc) is 2.82. The van der Waals surface area contributed by atoms with E-state index in [1.807, 2.05) is 6.92 Å². The van der Waals surface area contributed by atoms with Crippen LogP contribution in [0.1, 0.15) is 24.6 Å². The minimum absolute atomic E-state index is 0.173. The lowest BCUT2D eigenvalue weighted by molar-refractivity contribution is -0.133. The first-order valence-electron chi connectivity index (χ1n) is 5.83. The highest BCUT2D eigenvalue weighted by atomic mass is 32.2. The van der Waals surface area contributed by atoms with Crippen molar-refractivity contribution in [2.75, 3.05) is 5.75 Å². The number of aryl methyl sites for hydroxylation is 1. The van der Waals surface area contributed by atoms with E-state index in [0.717, 1.165) is 11.8 Å². The van der Waals surface area contributed by atoms with E-state index in [9.17, 15) is 9.59 Å². The lowest BCUT2D eigenvalue weighted by atomic mass is 10.3. The van der Waals surface area contributed by atoms with Gasteiger partial charge in [-0.2, -0.15) is 4.98 Å². The van der Waals surface area contributed by atoms with E-state index in [0.29, 0.717) is 16.8 Å². The van der Waals surface area contributed by atoms with E-state index in [1.54, 1.807) is 23.9 Å². The molecule has 2 heterocycles. The number of nitrogens with zero attached hydrogens (tertiary/aromatic N) is 3. The third-order valence-corrected chi connectivity index (χ3v) is 3.49. The molecule has 0 aliphatic heterocycles. The molecule has 0 aromatic carbocycles. The molecule has 2 aromatic rings. The van der Waals surface area contributed by atoms with Gasteiger partial charge in [0.05, 0.1) is 11.9 Å². The van der Waals surface area contributed by atoms with Crippen LogP contribution < -0.4 is 5.56 Å². The third kappa shape index (κ3) is 3.27. The summed E-state index contributed by atoms with van der Waals surface area (Å²) in [6.45, 7) is 3.62. The predicted molar refractivity (Wildman–Crippen MR) is 71.9 cm³/mol. The van der Waals surface area contributed by atoms with E-state index < -0.39 is 11.5 Å². The van der Waals surface area contributed by atoms with Gasteiger partial charge in [-0.05, 0) is 13.8 Å². The van der Waals surface area contributed by atoms with Crippen LogP contribution in [0.15, 0.2) is 32.8 Å². The summed E-state index contributed by atoms with van der Waals surface area (Å²) in [6, 6.07) is 1.03. The van der Waals surface area contributed by atoms with Crippen LogP contribution in [0.2, 0.25) is 0 Å². The SMILES string of the molecule is Cc1cnc(C(C)n2ccc(=O)nc2SCC(=O)O)o1. The third-order valence-electron chi connectivity index (χ3n) is 2.54. The van der Waals surface area contributed by atoms with Gasteiger partial charge in [-0.3, -0.25) is 9.59 Å². The van der Waals surface area contributed by atoms with Gasteiger partial charge >= 0.3 is 5.97 Å². The minimum Gasteiger partial charge on any atom is -0.481 e. The molecule has 8 heteroatoms. The standard InChI is InChI=1S/C12H13N3O4S/c1-7-5-13-11(19-7)8(2)15-4-3-9(16)14-12(15)20-6-10(17)18/h3-5,8H,6H2,1-2H3,(H,17,18). The van der Waals surface area contributed by atoms with Crippen molar-refractivity contribution in [1.82, 2.24) is 14.5 Å². The van der Waals surface area contributed by atoms with Crippen molar-refractivity contribution in [3.8, 4) is 0 Å². The Balaban J connectivity index is 2.34. The number of hydrogen-bond donors (Lipinski definition) is 1. The summed E-state index contributed by atoms with van der Waals surface area (Å²) < 4.78 is 7.11. The maximum absolute atomic E-state index is 11.3. The summed E-state index contributed by atoms with van der Waals surface area (Å²) in [6.07, 6.45) is 3.16. The topological polar surface area (TPSA) is 98.2 Å². The van der Waals surface area contributed by atoms with Crippen LogP contribution in [0.25, 0.3) is 0 Å². The summed E-state index contributed by atoms with van der Waals surface area (Å²) in [5, 5.41) is 9.05. The number of hydrogen-bond acceptors (Lipinski definition) is 6. The number of carboxylic acids is 1. The molecule has 2 aromatic heterocycles.